The molecule has 3 rings (SSSR count). The van der Waals surface area contributed by atoms with Crippen LogP contribution in [0, 0.1) is 0 Å². The Labute approximate surface area is 140 Å². The van der Waals surface area contributed by atoms with Crippen LogP contribution in [-0.2, 0) is 17.7 Å². The number of nitrogens with zero attached hydrogens (tertiary/aromatic N) is 1. The number of carbonyl (C=O) groups excluding carboxylic acids is 1. The van der Waals surface area contributed by atoms with Gasteiger partial charge in [0.1, 0.15) is 0 Å². The van der Waals surface area contributed by atoms with Crippen molar-refractivity contribution in [3.8, 4) is 0 Å². The smallest absolute Gasteiger partial charge is 0.337 e. The zero-order valence-electron chi connectivity index (χ0n) is 13.2. The summed E-state index contributed by atoms with van der Waals surface area (Å²) in [6.45, 7) is 2.83. The van der Waals surface area contributed by atoms with Crippen LogP contribution in [0.5, 0.6) is 0 Å². The molecule has 0 aliphatic rings. The monoisotopic (exact) mass is 327 g/mol. The number of aromatic nitrogens is 1. The maximum absolute atomic E-state index is 11.5. The van der Waals surface area contributed by atoms with Crippen molar-refractivity contribution in [2.75, 3.05) is 7.11 Å². The molecule has 0 saturated heterocycles. The molecule has 0 bridgehead atoms. The topological polar surface area (TPSA) is 31.2 Å². The summed E-state index contributed by atoms with van der Waals surface area (Å²) in [6, 6.07) is 15.7. The van der Waals surface area contributed by atoms with Crippen LogP contribution >= 0.6 is 11.6 Å². The van der Waals surface area contributed by atoms with Gasteiger partial charge in [-0.3, -0.25) is 0 Å². The first-order valence-corrected chi connectivity index (χ1v) is 7.96. The Morgan fingerprint density at radius 2 is 1.83 bits per heavy atom. The van der Waals surface area contributed by atoms with Crippen molar-refractivity contribution in [1.82, 2.24) is 4.57 Å². The Balaban J connectivity index is 2.00. The normalized spacial score (nSPS) is 10.9. The molecular weight excluding hydrogens is 310 g/mol. The molecular formula is C19H18ClNO2. The largest absolute Gasteiger partial charge is 0.465 e. The number of hydrogen-bond acceptors (Lipinski definition) is 2. The average Bonchev–Trinajstić information content (AvgIpc) is 2.87. The van der Waals surface area contributed by atoms with Gasteiger partial charge < -0.3 is 9.30 Å². The van der Waals surface area contributed by atoms with E-state index in [9.17, 15) is 4.79 Å². The van der Waals surface area contributed by atoms with Crippen molar-refractivity contribution < 1.29 is 9.53 Å². The van der Waals surface area contributed by atoms with Crippen LogP contribution in [0.1, 0.15) is 28.5 Å². The maximum atomic E-state index is 11.5. The Hall–Kier alpha value is -2.26. The summed E-state index contributed by atoms with van der Waals surface area (Å²) < 4.78 is 6.97. The van der Waals surface area contributed by atoms with Gasteiger partial charge in [0, 0.05) is 17.6 Å². The molecule has 3 nitrogen and oxygen atoms in total. The van der Waals surface area contributed by atoms with E-state index in [1.54, 1.807) is 12.1 Å². The summed E-state index contributed by atoms with van der Waals surface area (Å²) in [5.41, 5.74) is 3.93. The van der Waals surface area contributed by atoms with Gasteiger partial charge in [-0.15, -0.1) is 0 Å². The molecule has 118 valence electrons. The molecule has 0 aliphatic carbocycles. The molecule has 0 fully saturated rings. The van der Waals surface area contributed by atoms with E-state index in [1.165, 1.54) is 7.11 Å². The molecule has 0 radical (unpaired) electrons. The van der Waals surface area contributed by atoms with Gasteiger partial charge in [0.25, 0.3) is 0 Å². The molecule has 2 aromatic carbocycles. The quantitative estimate of drug-likeness (QED) is 0.651. The lowest BCUT2D eigenvalue weighted by atomic mass is 10.1. The van der Waals surface area contributed by atoms with Crippen LogP contribution in [0.15, 0.2) is 48.5 Å². The van der Waals surface area contributed by atoms with E-state index < -0.39 is 0 Å². The van der Waals surface area contributed by atoms with Crippen molar-refractivity contribution in [1.29, 1.82) is 0 Å². The molecule has 0 N–H and O–H groups in total. The Kier molecular flexibility index (Phi) is 4.39. The summed E-state index contributed by atoms with van der Waals surface area (Å²) >= 11 is 6.53. The summed E-state index contributed by atoms with van der Waals surface area (Å²) in [4.78, 5) is 11.5. The minimum absolute atomic E-state index is 0.319. The highest BCUT2D eigenvalue weighted by molar-refractivity contribution is 6.36. The lowest BCUT2D eigenvalue weighted by molar-refractivity contribution is 0.0600. The Morgan fingerprint density at radius 1 is 1.13 bits per heavy atom. The molecule has 0 spiro atoms. The SMILES string of the molecule is CCc1c(Cl)c2ccccc2n1Cc1ccc(C(=O)OC)cc1. The van der Waals surface area contributed by atoms with Gasteiger partial charge in [-0.05, 0) is 30.2 Å². The number of para-hydroxylation sites is 1. The predicted molar refractivity (Wildman–Crippen MR) is 93.2 cm³/mol. The fourth-order valence-electron chi connectivity index (χ4n) is 2.89. The molecule has 1 heterocycles. The second-order valence-electron chi connectivity index (χ2n) is 5.41. The highest BCUT2D eigenvalue weighted by atomic mass is 35.5. The summed E-state index contributed by atoms with van der Waals surface area (Å²) in [5, 5.41) is 1.91. The number of methoxy groups -OCH3 is 1. The van der Waals surface area contributed by atoms with E-state index in [0.717, 1.165) is 40.1 Å². The first kappa shape index (κ1) is 15.6. The lowest BCUT2D eigenvalue weighted by Gasteiger charge is -2.10. The minimum Gasteiger partial charge on any atom is -0.465 e. The summed E-state index contributed by atoms with van der Waals surface area (Å²) in [6.07, 6.45) is 0.869. The van der Waals surface area contributed by atoms with E-state index in [4.69, 9.17) is 16.3 Å². The second-order valence-corrected chi connectivity index (χ2v) is 5.78. The standard InChI is InChI=1S/C19H18ClNO2/c1-3-16-18(20)15-6-4-5-7-17(15)21(16)12-13-8-10-14(11-9-13)19(22)23-2/h4-11H,3,12H2,1-2H3. The number of esters is 1. The third-order valence-corrected chi connectivity index (χ3v) is 4.48. The summed E-state index contributed by atoms with van der Waals surface area (Å²) in [5.74, 6) is -0.319. The molecule has 4 heteroatoms. The highest BCUT2D eigenvalue weighted by Crippen LogP contribution is 2.31. The number of carbonyl (C=O) groups is 1. The lowest BCUT2D eigenvalue weighted by Crippen LogP contribution is -2.05. The van der Waals surface area contributed by atoms with Crippen LogP contribution in [0.2, 0.25) is 5.02 Å². The molecule has 0 atom stereocenters. The number of benzene rings is 2. The van der Waals surface area contributed by atoms with Crippen LogP contribution in [0.3, 0.4) is 0 Å². The Bertz CT molecular complexity index is 850. The second kappa shape index (κ2) is 6.47. The van der Waals surface area contributed by atoms with Crippen molar-refractivity contribution >= 4 is 28.5 Å². The first-order valence-electron chi connectivity index (χ1n) is 7.58. The van der Waals surface area contributed by atoms with Gasteiger partial charge in [-0.25, -0.2) is 4.79 Å². The minimum atomic E-state index is -0.319. The molecule has 0 unspecified atom stereocenters. The van der Waals surface area contributed by atoms with E-state index in [1.807, 2.05) is 30.3 Å². The van der Waals surface area contributed by atoms with Gasteiger partial charge in [0.05, 0.1) is 23.2 Å². The average molecular weight is 328 g/mol. The fourth-order valence-corrected chi connectivity index (χ4v) is 3.28. The number of rotatable bonds is 4. The van der Waals surface area contributed by atoms with Crippen molar-refractivity contribution in [3.05, 3.63) is 70.4 Å². The van der Waals surface area contributed by atoms with E-state index in [0.29, 0.717) is 5.56 Å². The molecule has 0 saturated carbocycles. The zero-order valence-corrected chi connectivity index (χ0v) is 13.9. The van der Waals surface area contributed by atoms with Crippen LogP contribution < -0.4 is 0 Å². The van der Waals surface area contributed by atoms with Crippen molar-refractivity contribution in [2.45, 2.75) is 19.9 Å². The maximum Gasteiger partial charge on any atom is 0.337 e. The van der Waals surface area contributed by atoms with Gasteiger partial charge in [-0.2, -0.15) is 0 Å². The van der Waals surface area contributed by atoms with E-state index >= 15 is 0 Å². The highest BCUT2D eigenvalue weighted by Gasteiger charge is 2.14. The van der Waals surface area contributed by atoms with Gasteiger partial charge in [-0.1, -0.05) is 48.9 Å². The predicted octanol–water partition coefficient (Wildman–Crippen LogP) is 4.69. The van der Waals surface area contributed by atoms with Crippen LogP contribution in [0.25, 0.3) is 10.9 Å². The number of fused-ring (bicyclic) bond motifs is 1. The van der Waals surface area contributed by atoms with Crippen LogP contribution in [0.4, 0.5) is 0 Å². The van der Waals surface area contributed by atoms with Crippen molar-refractivity contribution in [2.24, 2.45) is 0 Å². The molecule has 3 aromatic rings. The van der Waals surface area contributed by atoms with Gasteiger partial charge >= 0.3 is 5.97 Å². The molecule has 0 aliphatic heterocycles. The van der Waals surface area contributed by atoms with Gasteiger partial charge in [0.15, 0.2) is 0 Å². The molecule has 1 aromatic heterocycles. The fraction of sp³-hybridized carbons (Fsp3) is 0.211. The van der Waals surface area contributed by atoms with Crippen molar-refractivity contribution in [3.63, 3.8) is 0 Å². The number of hydrogen-bond donors (Lipinski definition) is 0. The van der Waals surface area contributed by atoms with Gasteiger partial charge in [0.2, 0.25) is 0 Å². The van der Waals surface area contributed by atoms with E-state index in [2.05, 4.69) is 17.6 Å². The number of halogens is 1. The third kappa shape index (κ3) is 2.84. The number of ether oxygens (including phenoxy) is 1. The third-order valence-electron chi connectivity index (χ3n) is 4.06. The Morgan fingerprint density at radius 3 is 2.48 bits per heavy atom. The summed E-state index contributed by atoms with van der Waals surface area (Å²) in [7, 11) is 1.39. The molecule has 23 heavy (non-hydrogen) atoms. The first-order chi connectivity index (χ1) is 11.2. The molecule has 0 amide bonds. The van der Waals surface area contributed by atoms with Crippen LogP contribution in [-0.4, -0.2) is 17.6 Å². The van der Waals surface area contributed by atoms with E-state index in [-0.39, 0.29) is 5.97 Å². The zero-order chi connectivity index (χ0) is 16.4.